The van der Waals surface area contributed by atoms with Crippen LogP contribution in [0.3, 0.4) is 0 Å². The molecule has 1 aromatic heterocycles. The van der Waals surface area contributed by atoms with Gasteiger partial charge in [-0.15, -0.1) is 0 Å². The predicted molar refractivity (Wildman–Crippen MR) is 115 cm³/mol. The second-order valence-electron chi connectivity index (χ2n) is 6.42. The normalized spacial score (nSPS) is 10.8. The molecule has 0 saturated carbocycles. The van der Waals surface area contributed by atoms with E-state index in [2.05, 4.69) is 20.5 Å². The molecule has 5 nitrogen and oxygen atoms in total. The average Bonchev–Trinajstić information content (AvgIpc) is 2.95. The van der Waals surface area contributed by atoms with E-state index in [-0.39, 0.29) is 10.9 Å². The van der Waals surface area contributed by atoms with Crippen LogP contribution in [0, 0.1) is 13.8 Å². The SMILES string of the molecule is Cc1ccc(NC(=S)Nc2cc(C)n(Cc3cccc(Cl)c3)n2)c(OC(F)F)c1. The third-order valence-corrected chi connectivity index (χ3v) is 4.48. The van der Waals surface area contributed by atoms with Crippen LogP contribution >= 0.6 is 23.8 Å². The second kappa shape index (κ2) is 9.19. The van der Waals surface area contributed by atoms with Crippen molar-refractivity contribution in [1.29, 1.82) is 0 Å². The molecule has 0 aliphatic rings. The van der Waals surface area contributed by atoms with Crippen molar-refractivity contribution in [2.45, 2.75) is 27.0 Å². The van der Waals surface area contributed by atoms with Crippen LogP contribution in [0.2, 0.25) is 5.02 Å². The number of alkyl halides is 2. The molecule has 2 N–H and O–H groups in total. The number of rotatable bonds is 6. The highest BCUT2D eigenvalue weighted by atomic mass is 35.5. The molecule has 0 aliphatic carbocycles. The van der Waals surface area contributed by atoms with Gasteiger partial charge >= 0.3 is 6.61 Å². The molecule has 0 bridgehead atoms. The number of ether oxygens (including phenoxy) is 1. The lowest BCUT2D eigenvalue weighted by atomic mass is 10.2. The molecule has 0 unspecified atom stereocenters. The Labute approximate surface area is 177 Å². The molecule has 0 saturated heterocycles. The number of hydrogen-bond acceptors (Lipinski definition) is 3. The van der Waals surface area contributed by atoms with Crippen molar-refractivity contribution in [2.75, 3.05) is 10.6 Å². The zero-order chi connectivity index (χ0) is 21.0. The van der Waals surface area contributed by atoms with Crippen molar-refractivity contribution in [1.82, 2.24) is 9.78 Å². The van der Waals surface area contributed by atoms with Crippen molar-refractivity contribution < 1.29 is 13.5 Å². The first-order chi connectivity index (χ1) is 13.8. The summed E-state index contributed by atoms with van der Waals surface area (Å²) in [7, 11) is 0. The van der Waals surface area contributed by atoms with Gasteiger partial charge < -0.3 is 15.4 Å². The number of halogens is 3. The van der Waals surface area contributed by atoms with Crippen LogP contribution in [-0.4, -0.2) is 21.5 Å². The topological polar surface area (TPSA) is 51.1 Å². The molecular weight excluding hydrogens is 418 g/mol. The summed E-state index contributed by atoms with van der Waals surface area (Å²) >= 11 is 11.3. The van der Waals surface area contributed by atoms with Crippen LogP contribution in [0.4, 0.5) is 20.3 Å². The number of hydrogen-bond donors (Lipinski definition) is 2. The third-order valence-electron chi connectivity index (χ3n) is 4.05. The van der Waals surface area contributed by atoms with Crippen LogP contribution in [0.25, 0.3) is 0 Å². The Morgan fingerprint density at radius 3 is 2.69 bits per heavy atom. The summed E-state index contributed by atoms with van der Waals surface area (Å²) in [4.78, 5) is 0. The van der Waals surface area contributed by atoms with Crippen LogP contribution < -0.4 is 15.4 Å². The maximum Gasteiger partial charge on any atom is 0.387 e. The molecule has 0 radical (unpaired) electrons. The number of benzene rings is 2. The Morgan fingerprint density at radius 1 is 1.17 bits per heavy atom. The van der Waals surface area contributed by atoms with E-state index in [1.807, 2.05) is 41.9 Å². The summed E-state index contributed by atoms with van der Waals surface area (Å²) in [5.41, 5.74) is 3.07. The summed E-state index contributed by atoms with van der Waals surface area (Å²) in [5.74, 6) is 0.553. The van der Waals surface area contributed by atoms with Gasteiger partial charge in [0, 0.05) is 16.8 Å². The zero-order valence-corrected chi connectivity index (χ0v) is 17.3. The maximum atomic E-state index is 12.6. The fraction of sp³-hybridized carbons (Fsp3) is 0.200. The van der Waals surface area contributed by atoms with E-state index in [1.54, 1.807) is 19.1 Å². The van der Waals surface area contributed by atoms with Crippen molar-refractivity contribution in [2.24, 2.45) is 0 Å². The fourth-order valence-corrected chi connectivity index (χ4v) is 3.16. The summed E-state index contributed by atoms with van der Waals surface area (Å²) in [6.07, 6.45) is 0. The molecule has 0 fully saturated rings. The van der Waals surface area contributed by atoms with E-state index < -0.39 is 6.61 Å². The van der Waals surface area contributed by atoms with Crippen LogP contribution in [0.5, 0.6) is 5.75 Å². The summed E-state index contributed by atoms with van der Waals surface area (Å²) in [6.45, 7) is 1.34. The number of thiocarbonyl (C=S) groups is 1. The maximum absolute atomic E-state index is 12.6. The predicted octanol–water partition coefficient (Wildman–Crippen LogP) is 5.61. The molecule has 0 spiro atoms. The first kappa shape index (κ1) is 21.0. The quantitative estimate of drug-likeness (QED) is 0.492. The fourth-order valence-electron chi connectivity index (χ4n) is 2.74. The van der Waals surface area contributed by atoms with Crippen molar-refractivity contribution >= 4 is 40.4 Å². The van der Waals surface area contributed by atoms with Gasteiger partial charge in [0.1, 0.15) is 5.75 Å². The zero-order valence-electron chi connectivity index (χ0n) is 15.7. The van der Waals surface area contributed by atoms with Crippen LogP contribution in [0.1, 0.15) is 16.8 Å². The molecule has 29 heavy (non-hydrogen) atoms. The van der Waals surface area contributed by atoms with Gasteiger partial charge in [-0.2, -0.15) is 13.9 Å². The Kier molecular flexibility index (Phi) is 6.66. The van der Waals surface area contributed by atoms with Gasteiger partial charge in [-0.1, -0.05) is 29.8 Å². The molecule has 3 aromatic rings. The van der Waals surface area contributed by atoms with Crippen molar-refractivity contribution in [3.05, 3.63) is 70.4 Å². The molecule has 9 heteroatoms. The highest BCUT2D eigenvalue weighted by Gasteiger charge is 2.12. The molecule has 152 valence electrons. The largest absolute Gasteiger partial charge is 0.433 e. The standard InChI is InChI=1S/C20H19ClF2N4OS/c1-12-6-7-16(17(8-12)28-19(22)23)24-20(29)25-18-9-13(2)27(26-18)11-14-4-3-5-15(21)10-14/h3-10,19H,11H2,1-2H3,(H2,24,25,26,29). The average molecular weight is 437 g/mol. The van der Waals surface area contributed by atoms with Gasteiger partial charge in [0.15, 0.2) is 10.9 Å². The minimum atomic E-state index is -2.93. The van der Waals surface area contributed by atoms with Gasteiger partial charge in [0.25, 0.3) is 0 Å². The van der Waals surface area contributed by atoms with E-state index in [1.165, 1.54) is 6.07 Å². The molecule has 1 heterocycles. The Morgan fingerprint density at radius 2 is 1.97 bits per heavy atom. The van der Waals surface area contributed by atoms with E-state index >= 15 is 0 Å². The Bertz CT molecular complexity index is 1030. The minimum absolute atomic E-state index is 0.0202. The van der Waals surface area contributed by atoms with Crippen LogP contribution in [-0.2, 0) is 6.54 Å². The molecule has 0 amide bonds. The Balaban J connectivity index is 1.69. The van der Waals surface area contributed by atoms with Gasteiger partial charge in [0.05, 0.1) is 12.2 Å². The van der Waals surface area contributed by atoms with E-state index in [0.717, 1.165) is 16.8 Å². The number of aryl methyl sites for hydroxylation is 2. The highest BCUT2D eigenvalue weighted by molar-refractivity contribution is 7.80. The number of nitrogens with zero attached hydrogens (tertiary/aromatic N) is 2. The molecule has 0 atom stereocenters. The smallest absolute Gasteiger partial charge is 0.387 e. The molecule has 2 aromatic carbocycles. The lowest BCUT2D eigenvalue weighted by molar-refractivity contribution is -0.0493. The van der Waals surface area contributed by atoms with E-state index in [0.29, 0.717) is 23.1 Å². The summed E-state index contributed by atoms with van der Waals surface area (Å²) in [6, 6.07) is 14.3. The third kappa shape index (κ3) is 5.88. The van der Waals surface area contributed by atoms with Crippen LogP contribution in [0.15, 0.2) is 48.5 Å². The highest BCUT2D eigenvalue weighted by Crippen LogP contribution is 2.27. The van der Waals surface area contributed by atoms with Crippen molar-refractivity contribution in [3.8, 4) is 5.75 Å². The van der Waals surface area contributed by atoms with E-state index in [9.17, 15) is 8.78 Å². The van der Waals surface area contributed by atoms with Gasteiger partial charge in [0.2, 0.25) is 0 Å². The molecular formula is C20H19ClF2N4OS. The lowest BCUT2D eigenvalue weighted by Crippen LogP contribution is -2.20. The monoisotopic (exact) mass is 436 g/mol. The lowest BCUT2D eigenvalue weighted by Gasteiger charge is -2.14. The van der Waals surface area contributed by atoms with Gasteiger partial charge in [-0.25, -0.2) is 0 Å². The number of aromatic nitrogens is 2. The number of anilines is 2. The van der Waals surface area contributed by atoms with Gasteiger partial charge in [-0.3, -0.25) is 4.68 Å². The molecule has 0 aliphatic heterocycles. The summed E-state index contributed by atoms with van der Waals surface area (Å²) in [5, 5.41) is 11.2. The first-order valence-electron chi connectivity index (χ1n) is 8.72. The van der Waals surface area contributed by atoms with E-state index in [4.69, 9.17) is 23.8 Å². The minimum Gasteiger partial charge on any atom is -0.433 e. The Hall–Kier alpha value is -2.71. The van der Waals surface area contributed by atoms with Crippen molar-refractivity contribution in [3.63, 3.8) is 0 Å². The van der Waals surface area contributed by atoms with Gasteiger partial charge in [-0.05, 0) is 61.5 Å². The summed E-state index contributed by atoms with van der Waals surface area (Å²) < 4.78 is 31.7. The second-order valence-corrected chi connectivity index (χ2v) is 7.26. The first-order valence-corrected chi connectivity index (χ1v) is 9.51. The molecule has 3 rings (SSSR count). The number of nitrogens with one attached hydrogen (secondary N) is 2.